The Bertz CT molecular complexity index is 452. The molecule has 0 amide bonds. The summed E-state index contributed by atoms with van der Waals surface area (Å²) in [5.41, 5.74) is 6.10. The molecule has 1 rings (SSSR count). The van der Waals surface area contributed by atoms with E-state index in [1.54, 1.807) is 0 Å². The van der Waals surface area contributed by atoms with E-state index in [1.165, 1.54) is 18.2 Å². The van der Waals surface area contributed by atoms with E-state index in [9.17, 15) is 8.42 Å². The molecule has 0 aliphatic heterocycles. The Morgan fingerprint density at radius 1 is 1.33 bits per heavy atom. The highest BCUT2D eigenvalue weighted by Gasteiger charge is 2.11. The summed E-state index contributed by atoms with van der Waals surface area (Å²) in [5.74, 6) is 0.410. The van der Waals surface area contributed by atoms with Gasteiger partial charge in [0.1, 0.15) is 5.75 Å². The fourth-order valence-electron chi connectivity index (χ4n) is 1.10. The fraction of sp³-hybridized carbons (Fsp3) is 0.400. The highest BCUT2D eigenvalue weighted by Crippen LogP contribution is 2.25. The minimum atomic E-state index is -3.21. The zero-order chi connectivity index (χ0) is 11.6. The van der Waals surface area contributed by atoms with Gasteiger partial charge in [0.05, 0.1) is 16.7 Å². The van der Waals surface area contributed by atoms with Gasteiger partial charge in [-0.3, -0.25) is 0 Å². The zero-order valence-corrected chi connectivity index (χ0v) is 9.84. The Labute approximate surface area is 90.0 Å². The summed E-state index contributed by atoms with van der Waals surface area (Å²) in [4.78, 5) is 0.215. The number of ether oxygens (including phenoxy) is 1. The van der Waals surface area contributed by atoms with Crippen LogP contribution in [0.5, 0.6) is 5.75 Å². The number of benzene rings is 1. The number of rotatable bonds is 3. The predicted molar refractivity (Wildman–Crippen MR) is 59.7 cm³/mol. The molecule has 0 unspecified atom stereocenters. The Morgan fingerprint density at radius 3 is 2.40 bits per heavy atom. The van der Waals surface area contributed by atoms with E-state index >= 15 is 0 Å². The van der Waals surface area contributed by atoms with E-state index in [0.717, 1.165) is 6.26 Å². The molecular weight excluding hydrogens is 214 g/mol. The van der Waals surface area contributed by atoms with Crippen LogP contribution in [0.25, 0.3) is 0 Å². The average molecular weight is 229 g/mol. The van der Waals surface area contributed by atoms with Gasteiger partial charge in [0, 0.05) is 12.3 Å². The summed E-state index contributed by atoms with van der Waals surface area (Å²) < 4.78 is 28.0. The Kier molecular flexibility index (Phi) is 3.24. The maximum absolute atomic E-state index is 11.3. The van der Waals surface area contributed by atoms with E-state index < -0.39 is 9.84 Å². The van der Waals surface area contributed by atoms with Crippen molar-refractivity contribution < 1.29 is 13.2 Å². The first kappa shape index (κ1) is 11.8. The van der Waals surface area contributed by atoms with E-state index in [2.05, 4.69) is 0 Å². The quantitative estimate of drug-likeness (QED) is 0.797. The van der Waals surface area contributed by atoms with Crippen LogP contribution >= 0.6 is 0 Å². The lowest BCUT2D eigenvalue weighted by molar-refractivity contribution is 0.243. The van der Waals surface area contributed by atoms with Crippen LogP contribution in [0, 0.1) is 0 Å². The predicted octanol–water partition coefficient (Wildman–Crippen LogP) is 1.46. The first-order valence-corrected chi connectivity index (χ1v) is 6.46. The molecule has 0 fully saturated rings. The first-order valence-electron chi connectivity index (χ1n) is 4.57. The second-order valence-electron chi connectivity index (χ2n) is 3.64. The number of sulfone groups is 1. The normalized spacial score (nSPS) is 11.7. The molecule has 0 aliphatic rings. The lowest BCUT2D eigenvalue weighted by Gasteiger charge is -2.12. The molecular formula is C10H15NO3S. The van der Waals surface area contributed by atoms with Crippen LogP contribution in [0.1, 0.15) is 13.8 Å². The summed E-state index contributed by atoms with van der Waals surface area (Å²) >= 11 is 0. The first-order chi connectivity index (χ1) is 6.80. The number of hydrogen-bond donors (Lipinski definition) is 1. The van der Waals surface area contributed by atoms with Crippen molar-refractivity contribution >= 4 is 15.5 Å². The van der Waals surface area contributed by atoms with Gasteiger partial charge in [0.2, 0.25) is 0 Å². The molecule has 0 saturated heterocycles. The highest BCUT2D eigenvalue weighted by molar-refractivity contribution is 7.90. The van der Waals surface area contributed by atoms with Crippen LogP contribution in [0.4, 0.5) is 5.69 Å². The third-order valence-corrected chi connectivity index (χ3v) is 2.89. The van der Waals surface area contributed by atoms with Crippen molar-refractivity contribution in [3.05, 3.63) is 18.2 Å². The molecule has 4 nitrogen and oxygen atoms in total. The van der Waals surface area contributed by atoms with Crippen LogP contribution in [0.3, 0.4) is 0 Å². The van der Waals surface area contributed by atoms with Gasteiger partial charge < -0.3 is 10.5 Å². The Morgan fingerprint density at radius 2 is 1.93 bits per heavy atom. The number of anilines is 1. The average Bonchev–Trinajstić information content (AvgIpc) is 2.06. The van der Waals surface area contributed by atoms with E-state index in [4.69, 9.17) is 10.5 Å². The fourth-order valence-corrected chi connectivity index (χ4v) is 1.74. The molecule has 84 valence electrons. The third kappa shape index (κ3) is 3.13. The van der Waals surface area contributed by atoms with Gasteiger partial charge in [0.15, 0.2) is 9.84 Å². The van der Waals surface area contributed by atoms with Gasteiger partial charge in [-0.1, -0.05) is 0 Å². The smallest absolute Gasteiger partial charge is 0.175 e. The maximum atomic E-state index is 11.3. The molecule has 0 aromatic heterocycles. The molecule has 15 heavy (non-hydrogen) atoms. The van der Waals surface area contributed by atoms with Gasteiger partial charge in [-0.05, 0) is 26.0 Å². The lowest BCUT2D eigenvalue weighted by Crippen LogP contribution is -2.08. The number of nitrogen functional groups attached to an aromatic ring is 1. The minimum absolute atomic E-state index is 0.0397. The molecule has 5 heteroatoms. The van der Waals surface area contributed by atoms with Gasteiger partial charge in [0.25, 0.3) is 0 Å². The van der Waals surface area contributed by atoms with E-state index in [1.807, 2.05) is 13.8 Å². The Balaban J connectivity index is 3.17. The van der Waals surface area contributed by atoms with Crippen molar-refractivity contribution in [2.75, 3.05) is 12.0 Å². The zero-order valence-electron chi connectivity index (χ0n) is 9.02. The molecule has 2 N–H and O–H groups in total. The van der Waals surface area contributed by atoms with Crippen LogP contribution in [0.2, 0.25) is 0 Å². The SMILES string of the molecule is CC(C)Oc1cc(S(C)(=O)=O)ccc1N. The number of nitrogens with two attached hydrogens (primary N) is 1. The molecule has 0 atom stereocenters. The molecule has 0 radical (unpaired) electrons. The van der Waals surface area contributed by atoms with Crippen molar-refractivity contribution in [1.82, 2.24) is 0 Å². The molecule has 1 aromatic rings. The topological polar surface area (TPSA) is 69.4 Å². The molecule has 0 saturated carbocycles. The summed E-state index contributed by atoms with van der Waals surface area (Å²) in [6.07, 6.45) is 1.11. The molecule has 0 heterocycles. The van der Waals surface area contributed by atoms with Gasteiger partial charge in [-0.15, -0.1) is 0 Å². The standard InChI is InChI=1S/C10H15NO3S/c1-7(2)14-10-6-8(15(3,12)13)4-5-9(10)11/h4-7H,11H2,1-3H3. The third-order valence-electron chi connectivity index (χ3n) is 1.78. The minimum Gasteiger partial charge on any atom is -0.489 e. The van der Waals surface area contributed by atoms with Crippen LogP contribution in [-0.2, 0) is 9.84 Å². The van der Waals surface area contributed by atoms with Crippen molar-refractivity contribution in [1.29, 1.82) is 0 Å². The van der Waals surface area contributed by atoms with Crippen molar-refractivity contribution in [3.63, 3.8) is 0 Å². The van der Waals surface area contributed by atoms with Crippen molar-refractivity contribution in [2.45, 2.75) is 24.8 Å². The van der Waals surface area contributed by atoms with Crippen molar-refractivity contribution in [3.8, 4) is 5.75 Å². The molecule has 0 spiro atoms. The summed E-state index contributed by atoms with van der Waals surface area (Å²) in [5, 5.41) is 0. The van der Waals surface area contributed by atoms with E-state index in [-0.39, 0.29) is 11.0 Å². The monoisotopic (exact) mass is 229 g/mol. The summed E-state index contributed by atoms with van der Waals surface area (Å²) in [7, 11) is -3.21. The second kappa shape index (κ2) is 4.10. The van der Waals surface area contributed by atoms with Crippen LogP contribution in [-0.4, -0.2) is 20.8 Å². The summed E-state index contributed by atoms with van der Waals surface area (Å²) in [6, 6.07) is 4.45. The molecule has 0 aliphatic carbocycles. The van der Waals surface area contributed by atoms with Crippen LogP contribution < -0.4 is 10.5 Å². The van der Waals surface area contributed by atoms with Crippen molar-refractivity contribution in [2.24, 2.45) is 0 Å². The second-order valence-corrected chi connectivity index (χ2v) is 5.65. The molecule has 1 aromatic carbocycles. The maximum Gasteiger partial charge on any atom is 0.175 e. The number of hydrogen-bond acceptors (Lipinski definition) is 4. The van der Waals surface area contributed by atoms with Gasteiger partial charge in [-0.2, -0.15) is 0 Å². The summed E-state index contributed by atoms with van der Waals surface area (Å²) in [6.45, 7) is 3.71. The van der Waals surface area contributed by atoms with Gasteiger partial charge in [-0.25, -0.2) is 8.42 Å². The highest BCUT2D eigenvalue weighted by atomic mass is 32.2. The Hall–Kier alpha value is -1.23. The van der Waals surface area contributed by atoms with Crippen LogP contribution in [0.15, 0.2) is 23.1 Å². The lowest BCUT2D eigenvalue weighted by atomic mass is 10.3. The van der Waals surface area contributed by atoms with E-state index in [0.29, 0.717) is 11.4 Å². The van der Waals surface area contributed by atoms with Gasteiger partial charge >= 0.3 is 0 Å². The largest absolute Gasteiger partial charge is 0.489 e. The molecule has 0 bridgehead atoms.